The van der Waals surface area contributed by atoms with Crippen LogP contribution >= 0.6 is 23.2 Å². The Labute approximate surface area is 249 Å². The smallest absolute Gasteiger partial charge is 0.326 e. The molecular formula is C29H30Cl2N2O7S. The highest BCUT2D eigenvalue weighted by Gasteiger charge is 2.50. The molecule has 0 saturated carbocycles. The van der Waals surface area contributed by atoms with Crippen LogP contribution in [-0.2, 0) is 26.0 Å². The molecule has 41 heavy (non-hydrogen) atoms. The van der Waals surface area contributed by atoms with E-state index < -0.39 is 33.5 Å². The first-order valence-electron chi connectivity index (χ1n) is 12.7. The standard InChI is InChI=1S/C29H30Cl2N2O7S/c1-29(12-5-13-33(29)41(37,38)22-16-20(30)15-21(31)17-22)28(36)32-23(27(34)35)14-18-8-10-19(11-9-18)26-24(39-2)6-4-7-25(26)40-3/h4,6-11,15-17,23H,5,12-14H2,1-3H3,(H,32,36)(H,34,35)/t23-,29-/m0/s1. The molecule has 12 heteroatoms. The van der Waals surface area contributed by atoms with Crippen LogP contribution < -0.4 is 14.8 Å². The zero-order valence-electron chi connectivity index (χ0n) is 22.7. The van der Waals surface area contributed by atoms with Gasteiger partial charge in [0.05, 0.1) is 24.7 Å². The van der Waals surface area contributed by atoms with Crippen LogP contribution in [0.5, 0.6) is 11.5 Å². The summed E-state index contributed by atoms with van der Waals surface area (Å²) in [4.78, 5) is 25.6. The lowest BCUT2D eigenvalue weighted by atomic mass is 9.97. The van der Waals surface area contributed by atoms with E-state index in [0.717, 1.165) is 15.4 Å². The van der Waals surface area contributed by atoms with Crippen molar-refractivity contribution in [3.05, 3.63) is 76.3 Å². The number of hydrogen-bond acceptors (Lipinski definition) is 6. The lowest BCUT2D eigenvalue weighted by molar-refractivity contribution is -0.143. The van der Waals surface area contributed by atoms with Gasteiger partial charge in [-0.3, -0.25) is 4.79 Å². The first kappa shape index (κ1) is 30.6. The Balaban J connectivity index is 1.55. The number of amides is 1. The van der Waals surface area contributed by atoms with Gasteiger partial charge in [0, 0.05) is 23.0 Å². The molecule has 1 aliphatic heterocycles. The molecule has 3 aromatic carbocycles. The van der Waals surface area contributed by atoms with Crippen LogP contribution in [0.15, 0.2) is 65.6 Å². The summed E-state index contributed by atoms with van der Waals surface area (Å²) in [5, 5.41) is 12.8. The number of hydrogen-bond donors (Lipinski definition) is 2. The monoisotopic (exact) mass is 620 g/mol. The third kappa shape index (κ3) is 6.30. The molecule has 1 fully saturated rings. The molecule has 0 aliphatic carbocycles. The van der Waals surface area contributed by atoms with Crippen molar-refractivity contribution < 1.29 is 32.6 Å². The fourth-order valence-electron chi connectivity index (χ4n) is 5.05. The molecule has 0 unspecified atom stereocenters. The van der Waals surface area contributed by atoms with Crippen LogP contribution in [0.25, 0.3) is 11.1 Å². The number of halogens is 2. The summed E-state index contributed by atoms with van der Waals surface area (Å²) >= 11 is 12.1. The molecule has 1 amide bonds. The average Bonchev–Trinajstić information content (AvgIpc) is 3.35. The fraction of sp³-hybridized carbons (Fsp3) is 0.310. The van der Waals surface area contributed by atoms with E-state index in [9.17, 15) is 23.1 Å². The summed E-state index contributed by atoms with van der Waals surface area (Å²) in [6.07, 6.45) is 0.619. The first-order chi connectivity index (χ1) is 19.4. The van der Waals surface area contributed by atoms with Gasteiger partial charge in [-0.25, -0.2) is 13.2 Å². The number of carboxylic acid groups (broad SMARTS) is 1. The highest BCUT2D eigenvalue weighted by atomic mass is 35.5. The van der Waals surface area contributed by atoms with Gasteiger partial charge < -0.3 is 19.9 Å². The van der Waals surface area contributed by atoms with E-state index in [1.165, 1.54) is 25.1 Å². The highest BCUT2D eigenvalue weighted by Crippen LogP contribution is 2.39. The van der Waals surface area contributed by atoms with E-state index >= 15 is 0 Å². The summed E-state index contributed by atoms with van der Waals surface area (Å²) < 4.78 is 39.1. The lowest BCUT2D eigenvalue weighted by Gasteiger charge is -2.34. The molecule has 218 valence electrons. The van der Waals surface area contributed by atoms with Gasteiger partial charge in [-0.2, -0.15) is 4.31 Å². The van der Waals surface area contributed by atoms with E-state index in [4.69, 9.17) is 32.7 Å². The normalized spacial score (nSPS) is 18.1. The number of benzene rings is 3. The maximum Gasteiger partial charge on any atom is 0.326 e. The van der Waals surface area contributed by atoms with Crippen LogP contribution in [0.1, 0.15) is 25.3 Å². The third-order valence-electron chi connectivity index (χ3n) is 7.20. The van der Waals surface area contributed by atoms with Crippen molar-refractivity contribution in [2.24, 2.45) is 0 Å². The Morgan fingerprint density at radius 3 is 2.15 bits per heavy atom. The van der Waals surface area contributed by atoms with Gasteiger partial charge in [-0.05, 0) is 61.2 Å². The van der Waals surface area contributed by atoms with Crippen molar-refractivity contribution in [2.75, 3.05) is 20.8 Å². The molecule has 3 aromatic rings. The number of carboxylic acids is 1. The Morgan fingerprint density at radius 2 is 1.61 bits per heavy atom. The predicted octanol–water partition coefficient (Wildman–Crippen LogP) is 5.03. The van der Waals surface area contributed by atoms with E-state index in [1.54, 1.807) is 26.4 Å². The quantitative estimate of drug-likeness (QED) is 0.326. The Morgan fingerprint density at radius 1 is 1.02 bits per heavy atom. The number of carbonyl (C=O) groups is 2. The number of methoxy groups -OCH3 is 2. The largest absolute Gasteiger partial charge is 0.496 e. The van der Waals surface area contributed by atoms with E-state index in [0.29, 0.717) is 23.5 Å². The van der Waals surface area contributed by atoms with Gasteiger partial charge in [0.15, 0.2) is 0 Å². The number of nitrogens with one attached hydrogen (secondary N) is 1. The maximum absolute atomic E-state index is 13.5. The molecule has 0 bridgehead atoms. The second-order valence-corrected chi connectivity index (χ2v) is 12.6. The molecule has 1 saturated heterocycles. The highest BCUT2D eigenvalue weighted by molar-refractivity contribution is 7.89. The van der Waals surface area contributed by atoms with Crippen LogP contribution in [0.3, 0.4) is 0 Å². The van der Waals surface area contributed by atoms with Gasteiger partial charge in [0.1, 0.15) is 23.1 Å². The minimum Gasteiger partial charge on any atom is -0.496 e. The van der Waals surface area contributed by atoms with Crippen LogP contribution in [0.2, 0.25) is 10.0 Å². The van der Waals surface area contributed by atoms with Crippen molar-refractivity contribution in [3.63, 3.8) is 0 Å². The summed E-state index contributed by atoms with van der Waals surface area (Å²) in [6.45, 7) is 1.58. The molecule has 2 atom stereocenters. The topological polar surface area (TPSA) is 122 Å². The summed E-state index contributed by atoms with van der Waals surface area (Å²) in [5.74, 6) is -0.699. The molecule has 2 N–H and O–H groups in total. The van der Waals surface area contributed by atoms with E-state index in [1.807, 2.05) is 30.3 Å². The van der Waals surface area contributed by atoms with E-state index in [2.05, 4.69) is 5.32 Å². The molecule has 0 aromatic heterocycles. The summed E-state index contributed by atoms with van der Waals surface area (Å²) in [5.41, 5.74) is 0.707. The minimum atomic E-state index is -4.16. The fourth-order valence-corrected chi connectivity index (χ4v) is 7.58. The van der Waals surface area contributed by atoms with Crippen LogP contribution in [0, 0.1) is 0 Å². The lowest BCUT2D eigenvalue weighted by Crippen LogP contribution is -2.58. The van der Waals surface area contributed by atoms with Crippen molar-refractivity contribution in [3.8, 4) is 22.6 Å². The second kappa shape index (κ2) is 12.3. The first-order valence-corrected chi connectivity index (χ1v) is 14.9. The Bertz CT molecular complexity index is 1520. The number of ether oxygens (including phenoxy) is 2. The molecule has 0 spiro atoms. The van der Waals surface area contributed by atoms with Gasteiger partial charge in [-0.1, -0.05) is 53.5 Å². The third-order valence-corrected chi connectivity index (χ3v) is 9.64. The van der Waals surface area contributed by atoms with Crippen molar-refractivity contribution in [2.45, 2.75) is 42.7 Å². The summed E-state index contributed by atoms with van der Waals surface area (Å²) in [7, 11) is -1.03. The number of sulfonamides is 1. The molecule has 4 rings (SSSR count). The molecule has 9 nitrogen and oxygen atoms in total. The van der Waals surface area contributed by atoms with Crippen molar-refractivity contribution in [1.82, 2.24) is 9.62 Å². The second-order valence-electron chi connectivity index (χ2n) is 9.86. The average molecular weight is 622 g/mol. The van der Waals surface area contributed by atoms with E-state index in [-0.39, 0.29) is 34.3 Å². The predicted molar refractivity (Wildman–Crippen MR) is 156 cm³/mol. The van der Waals surface area contributed by atoms with Gasteiger partial charge in [0.2, 0.25) is 15.9 Å². The number of aliphatic carboxylic acids is 1. The molecule has 0 radical (unpaired) electrons. The Hall–Kier alpha value is -3.31. The van der Waals surface area contributed by atoms with Gasteiger partial charge >= 0.3 is 5.97 Å². The van der Waals surface area contributed by atoms with Crippen LogP contribution in [-0.4, -0.2) is 62.1 Å². The van der Waals surface area contributed by atoms with Gasteiger partial charge in [0.25, 0.3) is 0 Å². The Kier molecular flexibility index (Phi) is 9.18. The number of rotatable bonds is 10. The molecular weight excluding hydrogens is 591 g/mol. The zero-order valence-corrected chi connectivity index (χ0v) is 25.0. The minimum absolute atomic E-state index is 0.0167. The van der Waals surface area contributed by atoms with Crippen molar-refractivity contribution in [1.29, 1.82) is 0 Å². The molecule has 1 aliphatic rings. The molecule has 1 heterocycles. The SMILES string of the molecule is COc1cccc(OC)c1-c1ccc(C[C@H](NC(=O)[C@]2(C)CCCN2S(=O)(=O)c2cc(Cl)cc(Cl)c2)C(=O)O)cc1. The maximum atomic E-state index is 13.5. The number of nitrogens with zero attached hydrogens (tertiary/aromatic N) is 1. The number of carbonyl (C=O) groups excluding carboxylic acids is 1. The summed E-state index contributed by atoms with van der Waals surface area (Å²) in [6, 6.07) is 15.3. The zero-order chi connectivity index (χ0) is 29.9. The van der Waals surface area contributed by atoms with Gasteiger partial charge in [-0.15, -0.1) is 0 Å². The van der Waals surface area contributed by atoms with Crippen LogP contribution in [0.4, 0.5) is 0 Å². The van der Waals surface area contributed by atoms with Crippen molar-refractivity contribution >= 4 is 45.1 Å².